The molecule has 0 aromatic carbocycles. The lowest BCUT2D eigenvalue weighted by Gasteiger charge is -1.88. The zero-order valence-corrected chi connectivity index (χ0v) is 23.8. The van der Waals surface area contributed by atoms with Crippen LogP contribution in [0.1, 0.15) is 60.8 Å². The third-order valence-corrected chi connectivity index (χ3v) is 0. The Balaban J connectivity index is -0.0000000395. The summed E-state index contributed by atoms with van der Waals surface area (Å²) in [7, 11) is 0. The van der Waals surface area contributed by atoms with Crippen molar-refractivity contribution in [3.8, 4) is 0 Å². The molecule has 0 amide bonds. The second-order valence-corrected chi connectivity index (χ2v) is 14.2. The maximum atomic E-state index is 7.56. The fourth-order valence-electron chi connectivity index (χ4n) is 0. The summed E-state index contributed by atoms with van der Waals surface area (Å²) in [5, 5.41) is 0. The van der Waals surface area contributed by atoms with Gasteiger partial charge in [0.05, 0.1) is 0 Å². The normalized spacial score (nSPS) is 10.0. The third kappa shape index (κ3) is 5300. The highest BCUT2D eigenvalue weighted by molar-refractivity contribution is 8.07. The van der Waals surface area contributed by atoms with E-state index in [4.69, 9.17) is 58.7 Å². The van der Waals surface area contributed by atoms with Crippen LogP contribution >= 0.6 is 26.9 Å². The first-order valence-electron chi connectivity index (χ1n) is 7.37. The van der Waals surface area contributed by atoms with Gasteiger partial charge in [0.15, 0.2) is 0 Å². The van der Waals surface area contributed by atoms with E-state index in [0.29, 0.717) is 0 Å². The number of hydrogen-bond acceptors (Lipinski definition) is 4. The minimum Gasteiger partial charge on any atom is -0.325 e. The average molecular weight is 589 g/mol. The molecule has 0 atom stereocenters. The molecule has 0 saturated carbocycles. The van der Waals surface area contributed by atoms with Crippen molar-refractivity contribution in [2.75, 3.05) is 0 Å². The van der Waals surface area contributed by atoms with E-state index >= 15 is 0 Å². The van der Waals surface area contributed by atoms with Crippen LogP contribution in [-0.4, -0.2) is 58.7 Å². The molecule has 0 aliphatic carbocycles. The fourth-order valence-corrected chi connectivity index (χ4v) is 0. The molecule has 0 aliphatic heterocycles. The van der Waals surface area contributed by atoms with Gasteiger partial charge in [-0.05, 0) is 47.2 Å². The van der Waals surface area contributed by atoms with Crippen molar-refractivity contribution in [3.05, 3.63) is 0 Å². The van der Waals surface area contributed by atoms with Gasteiger partial charge in [0, 0.05) is 0 Å². The Kier molecular flexibility index (Phi) is 50.4. The van der Waals surface area contributed by atoms with Crippen LogP contribution in [0.2, 0.25) is 0 Å². The largest absolute Gasteiger partial charge is 0.325 e. The van der Waals surface area contributed by atoms with E-state index in [1.165, 1.54) is 19.3 Å². The predicted molar refractivity (Wildman–Crippen MR) is 132 cm³/mol. The number of rotatable bonds is 0. The lowest BCUT2D eigenvalue weighted by atomic mass is 10.6. The van der Waals surface area contributed by atoms with Gasteiger partial charge < -0.3 is 58.7 Å². The molecule has 0 heterocycles. The predicted octanol–water partition coefficient (Wildman–Crippen LogP) is 1.00. The van der Waals surface area contributed by atoms with Crippen LogP contribution in [0.5, 0.6) is 0 Å². The summed E-state index contributed by atoms with van der Waals surface area (Å²) in [6.45, 7) is -2.47. The summed E-state index contributed by atoms with van der Waals surface area (Å²) in [5.74, 6) is 0. The van der Waals surface area contributed by atoms with Gasteiger partial charge in [0.25, 0.3) is 0 Å². The van der Waals surface area contributed by atoms with E-state index in [2.05, 4.69) is 88.8 Å². The molecule has 0 rings (SSSR count). The SMILES string of the molecule is CCC.CCC.CCC.OP(O)(O)=S.OP(O)(O)=S.OP(O)(O)=S.OP(O)(O)=S. The van der Waals surface area contributed by atoms with Crippen LogP contribution in [-0.2, 0) is 47.2 Å². The standard InChI is InChI=1S/3C3H8.4H3O3PS/c3*1-3-2;4*1-4(2,3)5/h3*3H2,1-2H3;4*(H3,1,2,3,5). The molecule has 188 valence electrons. The van der Waals surface area contributed by atoms with E-state index in [9.17, 15) is 0 Å². The second kappa shape index (κ2) is 30.1. The van der Waals surface area contributed by atoms with E-state index in [1.807, 2.05) is 0 Å². The van der Waals surface area contributed by atoms with Gasteiger partial charge in [0.1, 0.15) is 0 Å². The lowest BCUT2D eigenvalue weighted by molar-refractivity contribution is 0.361. The first-order valence-corrected chi connectivity index (χ1v) is 18.0. The molecule has 29 heavy (non-hydrogen) atoms. The summed E-state index contributed by atoms with van der Waals surface area (Å²) >= 11 is 14.4. The van der Waals surface area contributed by atoms with Crippen LogP contribution in [0.15, 0.2) is 0 Å². The molecular formula is C9H36O12P4S4. The zero-order chi connectivity index (χ0) is 26.1. The van der Waals surface area contributed by atoms with Crippen molar-refractivity contribution in [3.63, 3.8) is 0 Å². The van der Waals surface area contributed by atoms with Gasteiger partial charge in [-0.25, -0.2) is 0 Å². The third-order valence-electron chi connectivity index (χ3n) is 0. The quantitative estimate of drug-likeness (QED) is 0.177. The molecular weight excluding hydrogens is 552 g/mol. The van der Waals surface area contributed by atoms with Gasteiger partial charge >= 0.3 is 26.9 Å². The molecule has 0 bridgehead atoms. The molecule has 0 aromatic heterocycles. The maximum Gasteiger partial charge on any atom is 0.319 e. The molecule has 12 N–H and O–H groups in total. The maximum absolute atomic E-state index is 7.56. The van der Waals surface area contributed by atoms with Gasteiger partial charge in [-0.3, -0.25) is 0 Å². The van der Waals surface area contributed by atoms with Gasteiger partial charge in [-0.1, -0.05) is 60.8 Å². The molecule has 0 fully saturated rings. The molecule has 0 spiro atoms. The summed E-state index contributed by atoms with van der Waals surface area (Å²) in [4.78, 5) is 90.7. The van der Waals surface area contributed by atoms with Crippen molar-refractivity contribution in [1.82, 2.24) is 0 Å². The minimum absolute atomic E-state index is 1.25. The van der Waals surface area contributed by atoms with Crippen LogP contribution in [0, 0.1) is 0 Å². The van der Waals surface area contributed by atoms with Crippen molar-refractivity contribution in [2.24, 2.45) is 0 Å². The number of hydrogen-bond donors (Lipinski definition) is 12. The summed E-state index contributed by atoms with van der Waals surface area (Å²) < 4.78 is 0. The molecule has 0 saturated heterocycles. The second-order valence-electron chi connectivity index (χ2n) is 4.17. The van der Waals surface area contributed by atoms with E-state index in [0.717, 1.165) is 0 Å². The zero-order valence-electron chi connectivity index (χ0n) is 16.9. The monoisotopic (exact) mass is 588 g/mol. The molecule has 0 aromatic rings. The first kappa shape index (κ1) is 48.5. The van der Waals surface area contributed by atoms with Gasteiger partial charge in [-0.15, -0.1) is 0 Å². The Bertz CT molecular complexity index is 354. The highest BCUT2D eigenvalue weighted by Crippen LogP contribution is 2.27. The Hall–Kier alpha value is 2.12. The van der Waals surface area contributed by atoms with Crippen LogP contribution < -0.4 is 0 Å². The summed E-state index contributed by atoms with van der Waals surface area (Å²) in [6.07, 6.45) is 3.75. The van der Waals surface area contributed by atoms with Crippen LogP contribution in [0.4, 0.5) is 0 Å². The Morgan fingerprint density at radius 3 is 0.345 bits per heavy atom. The van der Waals surface area contributed by atoms with E-state index in [-0.39, 0.29) is 0 Å². The van der Waals surface area contributed by atoms with E-state index in [1.54, 1.807) is 0 Å². The smallest absolute Gasteiger partial charge is 0.319 e. The van der Waals surface area contributed by atoms with Gasteiger partial charge in [-0.2, -0.15) is 0 Å². The molecule has 0 aliphatic rings. The molecule has 0 radical (unpaired) electrons. The summed E-state index contributed by atoms with van der Waals surface area (Å²) in [6, 6.07) is 0. The average Bonchev–Trinajstić information content (AvgIpc) is 2.20. The summed E-state index contributed by atoms with van der Waals surface area (Å²) in [5.41, 5.74) is 0. The highest BCUT2D eigenvalue weighted by Gasteiger charge is 1.93. The fraction of sp³-hybridized carbons (Fsp3) is 1.00. The topological polar surface area (TPSA) is 243 Å². The molecule has 20 heteroatoms. The van der Waals surface area contributed by atoms with E-state index < -0.39 is 26.9 Å². The lowest BCUT2D eigenvalue weighted by Crippen LogP contribution is -1.65. The molecule has 12 nitrogen and oxygen atoms in total. The Morgan fingerprint density at radius 1 is 0.345 bits per heavy atom. The molecule has 0 unspecified atom stereocenters. The highest BCUT2D eigenvalue weighted by atomic mass is 32.5. The van der Waals surface area contributed by atoms with Crippen molar-refractivity contribution >= 4 is 74.1 Å². The van der Waals surface area contributed by atoms with Crippen molar-refractivity contribution < 1.29 is 58.7 Å². The first-order chi connectivity index (χ1) is 12.2. The van der Waals surface area contributed by atoms with Crippen molar-refractivity contribution in [1.29, 1.82) is 0 Å². The minimum atomic E-state index is -3.81. The Morgan fingerprint density at radius 2 is 0.345 bits per heavy atom. The van der Waals surface area contributed by atoms with Crippen LogP contribution in [0.25, 0.3) is 0 Å². The Labute approximate surface area is 193 Å². The van der Waals surface area contributed by atoms with Crippen molar-refractivity contribution in [2.45, 2.75) is 60.8 Å². The van der Waals surface area contributed by atoms with Gasteiger partial charge in [0.2, 0.25) is 0 Å². The van der Waals surface area contributed by atoms with Crippen LogP contribution in [0.3, 0.4) is 0 Å².